The molecule has 3 heterocycles. The Bertz CT molecular complexity index is 944. The van der Waals surface area contributed by atoms with Crippen LogP contribution in [0.4, 0.5) is 0 Å². The number of nitrogens with zero attached hydrogens (tertiary/aromatic N) is 2. The van der Waals surface area contributed by atoms with Crippen LogP contribution >= 0.6 is 22.9 Å². The normalized spacial score (nSPS) is 17.1. The molecule has 3 aromatic rings. The van der Waals surface area contributed by atoms with Gasteiger partial charge in [0.25, 0.3) is 5.91 Å². The largest absolute Gasteiger partial charge is 0.378 e. The van der Waals surface area contributed by atoms with E-state index in [0.29, 0.717) is 16.4 Å². The molecule has 0 saturated carbocycles. The quantitative estimate of drug-likeness (QED) is 0.705. The molecule has 1 aliphatic heterocycles. The van der Waals surface area contributed by atoms with Crippen LogP contribution in [0, 0.1) is 6.92 Å². The average Bonchev–Trinajstić information content (AvgIpc) is 3.34. The van der Waals surface area contributed by atoms with Gasteiger partial charge in [0.2, 0.25) is 0 Å². The first-order valence-electron chi connectivity index (χ1n) is 8.77. The van der Waals surface area contributed by atoms with Gasteiger partial charge >= 0.3 is 0 Å². The molecule has 1 N–H and O–H groups in total. The first-order valence-corrected chi connectivity index (χ1v) is 9.97. The molecule has 1 atom stereocenters. The lowest BCUT2D eigenvalue weighted by molar-refractivity contribution is 0.0910. The number of fused-ring (bicyclic) bond motifs is 1. The summed E-state index contributed by atoms with van der Waals surface area (Å²) >= 11 is 7.76. The third-order valence-electron chi connectivity index (χ3n) is 4.62. The van der Waals surface area contributed by atoms with Gasteiger partial charge in [-0.3, -0.25) is 4.79 Å². The Morgan fingerprint density at radius 2 is 2.31 bits per heavy atom. The van der Waals surface area contributed by atoms with Crippen molar-refractivity contribution < 1.29 is 9.53 Å². The fraction of sp³-hybridized carbons (Fsp3) is 0.368. The third-order valence-corrected chi connectivity index (χ3v) is 6.05. The minimum absolute atomic E-state index is 0.0469. The molecule has 1 fully saturated rings. The van der Waals surface area contributed by atoms with Crippen LogP contribution in [-0.2, 0) is 4.74 Å². The van der Waals surface area contributed by atoms with Crippen molar-refractivity contribution in [3.63, 3.8) is 0 Å². The van der Waals surface area contributed by atoms with Gasteiger partial charge in [0, 0.05) is 18.5 Å². The summed E-state index contributed by atoms with van der Waals surface area (Å²) in [7, 11) is 0. The lowest BCUT2D eigenvalue weighted by Crippen LogP contribution is -2.26. The van der Waals surface area contributed by atoms with Crippen LogP contribution in [-0.4, -0.2) is 34.9 Å². The Balaban J connectivity index is 1.54. The number of aryl methyl sites for hydroxylation is 1. The highest BCUT2D eigenvalue weighted by atomic mass is 35.5. The zero-order valence-corrected chi connectivity index (χ0v) is 16.1. The Kier molecular flexibility index (Phi) is 4.98. The number of rotatable bonds is 5. The van der Waals surface area contributed by atoms with E-state index in [1.54, 1.807) is 0 Å². The highest BCUT2D eigenvalue weighted by Crippen LogP contribution is 2.32. The van der Waals surface area contributed by atoms with E-state index in [-0.39, 0.29) is 12.0 Å². The summed E-state index contributed by atoms with van der Waals surface area (Å²) < 4.78 is 7.42. The Morgan fingerprint density at radius 3 is 3.08 bits per heavy atom. The zero-order chi connectivity index (χ0) is 18.1. The number of benzene rings is 1. The molecule has 0 radical (unpaired) electrons. The molecule has 1 aliphatic rings. The van der Waals surface area contributed by atoms with E-state index in [4.69, 9.17) is 16.3 Å². The average molecular weight is 390 g/mol. The van der Waals surface area contributed by atoms with Crippen molar-refractivity contribution >= 4 is 39.1 Å². The summed E-state index contributed by atoms with van der Waals surface area (Å²) in [5.41, 5.74) is 1.70. The number of hydrogen-bond acceptors (Lipinski definition) is 4. The summed E-state index contributed by atoms with van der Waals surface area (Å²) in [5, 5.41) is 9.21. The summed E-state index contributed by atoms with van der Waals surface area (Å²) in [6.45, 7) is 3.42. The Hall–Kier alpha value is -1.89. The van der Waals surface area contributed by atoms with Crippen LogP contribution < -0.4 is 5.32 Å². The van der Waals surface area contributed by atoms with Crippen molar-refractivity contribution in [1.82, 2.24) is 15.1 Å². The molecule has 136 valence electrons. The van der Waals surface area contributed by atoms with Crippen LogP contribution in [0.1, 0.15) is 34.6 Å². The molecule has 26 heavy (non-hydrogen) atoms. The minimum atomic E-state index is -0.0469. The van der Waals surface area contributed by atoms with Gasteiger partial charge in [0.15, 0.2) is 0 Å². The van der Waals surface area contributed by atoms with E-state index in [1.807, 2.05) is 41.9 Å². The fourth-order valence-corrected chi connectivity index (χ4v) is 4.56. The van der Waals surface area contributed by atoms with Gasteiger partial charge in [0.1, 0.15) is 4.83 Å². The van der Waals surface area contributed by atoms with Gasteiger partial charge < -0.3 is 10.1 Å². The molecular formula is C19H20ClN3O2S. The highest BCUT2D eigenvalue weighted by molar-refractivity contribution is 7.20. The summed E-state index contributed by atoms with van der Waals surface area (Å²) in [5.74, 6) is -0.0469. The Morgan fingerprint density at radius 1 is 1.46 bits per heavy atom. The number of hydrogen-bond donors (Lipinski definition) is 1. The number of carbonyl (C=O) groups is 1. The van der Waals surface area contributed by atoms with Crippen molar-refractivity contribution in [2.45, 2.75) is 32.3 Å². The molecule has 5 nitrogen and oxygen atoms in total. The number of halogens is 1. The number of aromatic nitrogens is 2. The SMILES string of the molecule is Cc1nn(-c2ccccc2Cl)c2sc(C(=O)NCCC3CCCO3)cc12. The molecule has 1 saturated heterocycles. The summed E-state index contributed by atoms with van der Waals surface area (Å²) in [6.07, 6.45) is 3.36. The number of ether oxygens (including phenoxy) is 1. The lowest BCUT2D eigenvalue weighted by Gasteiger charge is -2.09. The number of nitrogens with one attached hydrogen (secondary N) is 1. The smallest absolute Gasteiger partial charge is 0.261 e. The first-order chi connectivity index (χ1) is 12.6. The van der Waals surface area contributed by atoms with Crippen LogP contribution in [0.3, 0.4) is 0 Å². The van der Waals surface area contributed by atoms with Crippen LogP contribution in [0.15, 0.2) is 30.3 Å². The van der Waals surface area contributed by atoms with E-state index < -0.39 is 0 Å². The molecule has 0 aliphatic carbocycles. The molecule has 1 aromatic carbocycles. The van der Waals surface area contributed by atoms with Gasteiger partial charge in [-0.15, -0.1) is 11.3 Å². The number of amides is 1. The molecule has 0 bridgehead atoms. The van der Waals surface area contributed by atoms with Crippen LogP contribution in [0.5, 0.6) is 0 Å². The second kappa shape index (κ2) is 7.39. The van der Waals surface area contributed by atoms with Gasteiger partial charge in [0.05, 0.1) is 27.4 Å². The van der Waals surface area contributed by atoms with Crippen molar-refractivity contribution in [2.24, 2.45) is 0 Å². The van der Waals surface area contributed by atoms with E-state index >= 15 is 0 Å². The maximum Gasteiger partial charge on any atom is 0.261 e. The van der Waals surface area contributed by atoms with Crippen molar-refractivity contribution in [2.75, 3.05) is 13.2 Å². The third kappa shape index (κ3) is 3.37. The molecule has 1 amide bonds. The molecule has 2 aromatic heterocycles. The summed E-state index contributed by atoms with van der Waals surface area (Å²) in [4.78, 5) is 14.1. The second-order valence-electron chi connectivity index (χ2n) is 6.46. The van der Waals surface area contributed by atoms with Crippen LogP contribution in [0.25, 0.3) is 15.9 Å². The lowest BCUT2D eigenvalue weighted by atomic mass is 10.2. The van der Waals surface area contributed by atoms with Gasteiger partial charge in [-0.05, 0) is 44.4 Å². The monoisotopic (exact) mass is 389 g/mol. The molecule has 1 unspecified atom stereocenters. The maximum atomic E-state index is 12.5. The molecule has 7 heteroatoms. The van der Waals surface area contributed by atoms with Gasteiger partial charge in [-0.1, -0.05) is 23.7 Å². The number of para-hydroxylation sites is 1. The second-order valence-corrected chi connectivity index (χ2v) is 7.90. The fourth-order valence-electron chi connectivity index (χ4n) is 3.25. The predicted octanol–water partition coefficient (Wildman–Crippen LogP) is 4.35. The Labute approximate surface area is 160 Å². The first kappa shape index (κ1) is 17.5. The summed E-state index contributed by atoms with van der Waals surface area (Å²) in [6, 6.07) is 9.50. The topological polar surface area (TPSA) is 56.2 Å². The van der Waals surface area contributed by atoms with E-state index in [2.05, 4.69) is 10.4 Å². The van der Waals surface area contributed by atoms with Gasteiger partial charge in [-0.25, -0.2) is 4.68 Å². The highest BCUT2D eigenvalue weighted by Gasteiger charge is 2.19. The number of thiophene rings is 1. The van der Waals surface area contributed by atoms with Crippen LogP contribution in [0.2, 0.25) is 5.02 Å². The zero-order valence-electron chi connectivity index (χ0n) is 14.5. The van der Waals surface area contributed by atoms with E-state index in [0.717, 1.165) is 47.5 Å². The van der Waals surface area contributed by atoms with Crippen molar-refractivity contribution in [1.29, 1.82) is 0 Å². The van der Waals surface area contributed by atoms with Crippen molar-refractivity contribution in [3.05, 3.63) is 45.9 Å². The molecular weight excluding hydrogens is 370 g/mol. The predicted molar refractivity (Wildman–Crippen MR) is 105 cm³/mol. The standard InChI is InChI=1S/C19H20ClN3O2S/c1-12-14-11-17(18(24)21-9-8-13-5-4-10-25-13)26-19(14)23(22-12)16-7-3-2-6-15(16)20/h2-3,6-7,11,13H,4-5,8-10H2,1H3,(H,21,24). The molecule has 0 spiro atoms. The van der Waals surface area contributed by atoms with Gasteiger partial charge in [-0.2, -0.15) is 5.10 Å². The van der Waals surface area contributed by atoms with E-state index in [9.17, 15) is 4.79 Å². The molecule has 4 rings (SSSR count). The van der Waals surface area contributed by atoms with E-state index in [1.165, 1.54) is 11.3 Å². The maximum absolute atomic E-state index is 12.5. The minimum Gasteiger partial charge on any atom is -0.378 e. The van der Waals surface area contributed by atoms with Crippen molar-refractivity contribution in [3.8, 4) is 5.69 Å². The number of carbonyl (C=O) groups excluding carboxylic acids is 1.